The van der Waals surface area contributed by atoms with Crippen LogP contribution in [0.5, 0.6) is 0 Å². The summed E-state index contributed by atoms with van der Waals surface area (Å²) in [6.07, 6.45) is -3.30. The number of nitrogens with one attached hydrogen (secondary N) is 1. The highest BCUT2D eigenvalue weighted by Gasteiger charge is 2.45. The predicted molar refractivity (Wildman–Crippen MR) is 86.8 cm³/mol. The van der Waals surface area contributed by atoms with Crippen LogP contribution >= 0.6 is 11.8 Å². The van der Waals surface area contributed by atoms with Crippen molar-refractivity contribution in [3.05, 3.63) is 12.7 Å². The number of rotatable bonds is 8. The molecule has 6 nitrogen and oxygen atoms in total. The molecule has 0 aromatic heterocycles. The monoisotopic (exact) mass is 382 g/mol. The van der Waals surface area contributed by atoms with Crippen molar-refractivity contribution in [2.24, 2.45) is 5.92 Å². The fraction of sp³-hybridized carbons (Fsp3) is 0.667. The predicted octanol–water partition coefficient (Wildman–Crippen LogP) is 1.36. The summed E-state index contributed by atoms with van der Waals surface area (Å²) < 4.78 is 40.6. The highest BCUT2D eigenvalue weighted by molar-refractivity contribution is 7.99. The lowest BCUT2D eigenvalue weighted by Gasteiger charge is -2.22. The van der Waals surface area contributed by atoms with Crippen LogP contribution in [0.2, 0.25) is 0 Å². The van der Waals surface area contributed by atoms with E-state index in [9.17, 15) is 27.6 Å². The third kappa shape index (κ3) is 7.47. The summed E-state index contributed by atoms with van der Waals surface area (Å²) in [5, 5.41) is 2.65. The smallest absolute Gasteiger partial charge is 0.385 e. The highest BCUT2D eigenvalue weighted by atomic mass is 32.2. The number of alkyl halides is 3. The summed E-state index contributed by atoms with van der Waals surface area (Å²) >= 11 is 1.54. The molecule has 0 bridgehead atoms. The van der Waals surface area contributed by atoms with E-state index in [4.69, 9.17) is 0 Å². The van der Waals surface area contributed by atoms with Gasteiger partial charge in [-0.3, -0.25) is 9.69 Å². The van der Waals surface area contributed by atoms with Gasteiger partial charge in [0.2, 0.25) is 5.91 Å². The van der Waals surface area contributed by atoms with Gasteiger partial charge in [0.05, 0.1) is 0 Å². The van der Waals surface area contributed by atoms with Gasteiger partial charge in [-0.1, -0.05) is 6.08 Å². The second-order valence-electron chi connectivity index (χ2n) is 5.54. The van der Waals surface area contributed by atoms with E-state index >= 15 is 0 Å². The fourth-order valence-corrected chi connectivity index (χ4v) is 3.22. The topological polar surface area (TPSA) is 75.7 Å². The number of likely N-dealkylation sites (tertiary alicyclic amines) is 1. The van der Waals surface area contributed by atoms with Crippen LogP contribution in [0.25, 0.3) is 0 Å². The first-order valence-corrected chi connectivity index (χ1v) is 8.82. The van der Waals surface area contributed by atoms with E-state index in [-0.39, 0.29) is 18.2 Å². The first-order chi connectivity index (χ1) is 11.6. The Hall–Kier alpha value is -1.55. The molecule has 2 atom stereocenters. The summed E-state index contributed by atoms with van der Waals surface area (Å²) in [5.41, 5.74) is 0. The molecule has 1 amide bonds. The maximum Gasteiger partial charge on any atom is 0.491 e. The first-order valence-electron chi connectivity index (χ1n) is 7.66. The van der Waals surface area contributed by atoms with E-state index in [0.717, 1.165) is 0 Å². The number of thioether (sulfide) groups is 1. The van der Waals surface area contributed by atoms with Gasteiger partial charge < -0.3 is 10.1 Å². The minimum absolute atomic E-state index is 0.0529. The standard InChI is InChI=1S/C15H21F3N2O4S/c1-3-11-8-12(13(22)24-14(23)15(16,17)18)20(9-11)5-7-25-6-4-19-10(2)21/h3,11-12H,1,4-9H2,2H3,(H,19,21). The zero-order valence-corrected chi connectivity index (χ0v) is 14.6. The van der Waals surface area contributed by atoms with Crippen LogP contribution in [0.15, 0.2) is 12.7 Å². The van der Waals surface area contributed by atoms with E-state index in [0.29, 0.717) is 31.1 Å². The van der Waals surface area contributed by atoms with Crippen LogP contribution in [0, 0.1) is 5.92 Å². The van der Waals surface area contributed by atoms with Gasteiger partial charge in [0.25, 0.3) is 0 Å². The van der Waals surface area contributed by atoms with Crippen LogP contribution in [0.4, 0.5) is 13.2 Å². The zero-order valence-electron chi connectivity index (χ0n) is 13.8. The number of esters is 2. The first kappa shape index (κ1) is 21.5. The van der Waals surface area contributed by atoms with Crippen LogP contribution in [-0.4, -0.2) is 66.1 Å². The zero-order chi connectivity index (χ0) is 19.0. The van der Waals surface area contributed by atoms with Crippen LogP contribution in [0.1, 0.15) is 13.3 Å². The van der Waals surface area contributed by atoms with Crippen molar-refractivity contribution < 1.29 is 32.3 Å². The maximum atomic E-state index is 12.2. The Morgan fingerprint density at radius 2 is 2.04 bits per heavy atom. The molecule has 2 unspecified atom stereocenters. The summed E-state index contributed by atoms with van der Waals surface area (Å²) in [6.45, 7) is 6.49. The number of ether oxygens (including phenoxy) is 1. The Kier molecular flexibility index (Phi) is 8.43. The summed E-state index contributed by atoms with van der Waals surface area (Å²) in [7, 11) is 0. The normalized spacial score (nSPS) is 21.0. The van der Waals surface area contributed by atoms with Gasteiger partial charge in [0, 0.05) is 38.1 Å². The van der Waals surface area contributed by atoms with Gasteiger partial charge in [0.15, 0.2) is 0 Å². The van der Waals surface area contributed by atoms with Crippen molar-refractivity contribution in [2.45, 2.75) is 25.6 Å². The molecule has 1 aliphatic rings. The Morgan fingerprint density at radius 3 is 2.60 bits per heavy atom. The molecule has 142 valence electrons. The van der Waals surface area contributed by atoms with Gasteiger partial charge >= 0.3 is 18.1 Å². The molecule has 10 heteroatoms. The summed E-state index contributed by atoms with van der Waals surface area (Å²) in [4.78, 5) is 35.2. The summed E-state index contributed by atoms with van der Waals surface area (Å²) in [6, 6.07) is -0.898. The van der Waals surface area contributed by atoms with E-state index < -0.39 is 24.2 Å². The number of amides is 1. The third-order valence-corrected chi connectivity index (χ3v) is 4.57. The van der Waals surface area contributed by atoms with Gasteiger partial charge in [-0.05, 0) is 12.3 Å². The molecule has 0 aromatic rings. The van der Waals surface area contributed by atoms with Gasteiger partial charge in [-0.25, -0.2) is 9.59 Å². The van der Waals surface area contributed by atoms with E-state index in [1.165, 1.54) is 6.92 Å². The van der Waals surface area contributed by atoms with E-state index in [1.807, 2.05) is 0 Å². The molecule has 0 aromatic carbocycles. The van der Waals surface area contributed by atoms with Crippen LogP contribution < -0.4 is 5.32 Å². The van der Waals surface area contributed by atoms with E-state index in [1.54, 1.807) is 22.7 Å². The minimum Gasteiger partial charge on any atom is -0.385 e. The molecule has 1 fully saturated rings. The number of carbonyl (C=O) groups is 3. The molecule has 1 rings (SSSR count). The van der Waals surface area contributed by atoms with Crippen LogP contribution in [0.3, 0.4) is 0 Å². The molecule has 0 aliphatic carbocycles. The fourth-order valence-electron chi connectivity index (χ4n) is 2.40. The summed E-state index contributed by atoms with van der Waals surface area (Å²) in [5.74, 6) is -2.55. The minimum atomic E-state index is -5.20. The number of hydrogen-bond donors (Lipinski definition) is 1. The number of hydrogen-bond acceptors (Lipinski definition) is 6. The Morgan fingerprint density at radius 1 is 1.36 bits per heavy atom. The Bertz CT molecular complexity index is 513. The molecule has 1 N–H and O–H groups in total. The molecule has 0 spiro atoms. The highest BCUT2D eigenvalue weighted by Crippen LogP contribution is 2.26. The molecule has 1 aliphatic heterocycles. The van der Waals surface area contributed by atoms with Gasteiger partial charge in [0.1, 0.15) is 6.04 Å². The Labute approximate surface area is 148 Å². The molecule has 25 heavy (non-hydrogen) atoms. The van der Waals surface area contributed by atoms with Gasteiger partial charge in [-0.2, -0.15) is 24.9 Å². The van der Waals surface area contributed by atoms with Crippen molar-refractivity contribution in [2.75, 3.05) is 31.1 Å². The maximum absolute atomic E-state index is 12.2. The molecule has 0 radical (unpaired) electrons. The number of carbonyl (C=O) groups excluding carboxylic acids is 3. The van der Waals surface area contributed by atoms with E-state index in [2.05, 4.69) is 16.6 Å². The SMILES string of the molecule is C=CC1CC(C(=O)OC(=O)C(F)(F)F)N(CCSCCNC(C)=O)C1. The third-order valence-electron chi connectivity index (χ3n) is 3.61. The second kappa shape index (κ2) is 9.81. The van der Waals surface area contributed by atoms with Crippen molar-refractivity contribution in [3.8, 4) is 0 Å². The lowest BCUT2D eigenvalue weighted by molar-refractivity contribution is -0.203. The average Bonchev–Trinajstić information content (AvgIpc) is 2.92. The van der Waals surface area contributed by atoms with Gasteiger partial charge in [-0.15, -0.1) is 6.58 Å². The molecule has 0 saturated carbocycles. The van der Waals surface area contributed by atoms with Crippen LogP contribution in [-0.2, 0) is 19.1 Å². The lowest BCUT2D eigenvalue weighted by atomic mass is 10.1. The quantitative estimate of drug-likeness (QED) is 0.296. The van der Waals surface area contributed by atoms with Crippen molar-refractivity contribution >= 4 is 29.6 Å². The van der Waals surface area contributed by atoms with Crippen molar-refractivity contribution in [3.63, 3.8) is 0 Å². The number of nitrogens with zero attached hydrogens (tertiary/aromatic N) is 1. The number of halogens is 3. The molecular formula is C15H21F3N2O4S. The molecule has 1 heterocycles. The van der Waals surface area contributed by atoms with Crippen molar-refractivity contribution in [1.29, 1.82) is 0 Å². The lowest BCUT2D eigenvalue weighted by Crippen LogP contribution is -2.41. The molecular weight excluding hydrogens is 361 g/mol. The Balaban J connectivity index is 2.49. The largest absolute Gasteiger partial charge is 0.491 e. The molecule has 1 saturated heterocycles. The van der Waals surface area contributed by atoms with Crippen molar-refractivity contribution in [1.82, 2.24) is 10.2 Å². The average molecular weight is 382 g/mol. The second-order valence-corrected chi connectivity index (χ2v) is 6.77.